The second-order valence-electron chi connectivity index (χ2n) is 9.76. The third kappa shape index (κ3) is 9.36. The lowest BCUT2D eigenvalue weighted by molar-refractivity contribution is 0.269. The molecule has 0 fully saturated rings. The third-order valence-electron chi connectivity index (χ3n) is 6.30. The molecule has 0 atom stereocenters. The summed E-state index contributed by atoms with van der Waals surface area (Å²) in [6, 6.07) is 42.2. The van der Waals surface area contributed by atoms with E-state index in [1.165, 1.54) is 22.3 Å². The van der Waals surface area contributed by atoms with Gasteiger partial charge in [-0.2, -0.15) is 10.2 Å². The lowest BCUT2D eigenvalue weighted by Crippen LogP contribution is -2.20. The molecule has 4 heteroatoms. The van der Waals surface area contributed by atoms with Crippen molar-refractivity contribution < 1.29 is 0 Å². The zero-order valence-electron chi connectivity index (χ0n) is 22.6. The summed E-state index contributed by atoms with van der Waals surface area (Å²) in [7, 11) is 0. The monoisotopic (exact) mass is 502 g/mol. The summed E-state index contributed by atoms with van der Waals surface area (Å²) in [5.41, 5.74) is 7.27. The van der Waals surface area contributed by atoms with E-state index in [-0.39, 0.29) is 0 Å². The van der Waals surface area contributed by atoms with Gasteiger partial charge >= 0.3 is 0 Å². The number of hydrogen-bond donors (Lipinski definition) is 0. The quantitative estimate of drug-likeness (QED) is 0.137. The van der Waals surface area contributed by atoms with Gasteiger partial charge in [-0.15, -0.1) is 0 Å². The van der Waals surface area contributed by atoms with Crippen LogP contribution in [0.3, 0.4) is 0 Å². The Hall–Kier alpha value is -4.18. The van der Waals surface area contributed by atoms with E-state index >= 15 is 0 Å². The molecule has 0 unspecified atom stereocenters. The van der Waals surface area contributed by atoms with Gasteiger partial charge in [-0.25, -0.2) is 0 Å². The van der Waals surface area contributed by atoms with E-state index in [0.717, 1.165) is 50.4 Å². The third-order valence-corrected chi connectivity index (χ3v) is 6.30. The van der Waals surface area contributed by atoms with Crippen molar-refractivity contribution in [2.45, 2.75) is 52.9 Å². The van der Waals surface area contributed by atoms with Crippen molar-refractivity contribution in [3.05, 3.63) is 144 Å². The van der Waals surface area contributed by atoms with Gasteiger partial charge in [0.1, 0.15) is 0 Å². The first kappa shape index (κ1) is 26.9. The molecule has 194 valence electrons. The topological polar surface area (TPSA) is 31.2 Å². The first-order chi connectivity index (χ1) is 18.6. The van der Waals surface area contributed by atoms with Crippen LogP contribution in [0.15, 0.2) is 132 Å². The number of benzene rings is 4. The highest BCUT2D eigenvalue weighted by atomic mass is 15.5. The molecule has 0 radical (unpaired) electrons. The molecule has 0 aliphatic rings. The van der Waals surface area contributed by atoms with Gasteiger partial charge in [-0.1, -0.05) is 121 Å². The maximum absolute atomic E-state index is 5.04. The van der Waals surface area contributed by atoms with E-state index in [9.17, 15) is 0 Å². The van der Waals surface area contributed by atoms with E-state index in [4.69, 9.17) is 10.2 Å². The number of hydrazone groups is 2. The Kier molecular flexibility index (Phi) is 10.3. The van der Waals surface area contributed by atoms with Crippen LogP contribution in [-0.4, -0.2) is 21.4 Å². The van der Waals surface area contributed by atoms with Crippen LogP contribution in [-0.2, 0) is 26.2 Å². The van der Waals surface area contributed by atoms with Crippen LogP contribution in [0.2, 0.25) is 0 Å². The molecule has 0 spiro atoms. The minimum Gasteiger partial charge on any atom is -0.288 e. The van der Waals surface area contributed by atoms with Gasteiger partial charge in [0, 0.05) is 11.4 Å². The van der Waals surface area contributed by atoms with Crippen molar-refractivity contribution in [1.82, 2.24) is 10.0 Å². The summed E-state index contributed by atoms with van der Waals surface area (Å²) in [5, 5.41) is 14.4. The summed E-state index contributed by atoms with van der Waals surface area (Å²) in [4.78, 5) is 0. The van der Waals surface area contributed by atoms with Crippen molar-refractivity contribution in [2.75, 3.05) is 0 Å². The molecule has 0 aliphatic carbocycles. The van der Waals surface area contributed by atoms with Gasteiger partial charge in [-0.3, -0.25) is 10.0 Å². The van der Waals surface area contributed by atoms with E-state index in [0.29, 0.717) is 0 Å². The smallest absolute Gasteiger partial charge is 0.0614 e. The highest BCUT2D eigenvalue weighted by Gasteiger charge is 2.08. The molecular weight excluding hydrogens is 464 g/mol. The second kappa shape index (κ2) is 14.5. The molecule has 0 amide bonds. The van der Waals surface area contributed by atoms with E-state index < -0.39 is 0 Å². The first-order valence-electron chi connectivity index (χ1n) is 13.4. The minimum atomic E-state index is 0.780. The van der Waals surface area contributed by atoms with E-state index in [1.807, 2.05) is 0 Å². The Morgan fingerprint density at radius 1 is 0.421 bits per heavy atom. The maximum Gasteiger partial charge on any atom is 0.0614 e. The molecule has 4 rings (SSSR count). The molecule has 0 aliphatic heterocycles. The van der Waals surface area contributed by atoms with Crippen LogP contribution >= 0.6 is 0 Å². The highest BCUT2D eigenvalue weighted by Crippen LogP contribution is 2.14. The first-order valence-corrected chi connectivity index (χ1v) is 13.4. The van der Waals surface area contributed by atoms with Crippen molar-refractivity contribution in [3.63, 3.8) is 0 Å². The fourth-order valence-electron chi connectivity index (χ4n) is 4.37. The van der Waals surface area contributed by atoms with Crippen LogP contribution in [0.5, 0.6) is 0 Å². The van der Waals surface area contributed by atoms with Gasteiger partial charge in [0.05, 0.1) is 26.2 Å². The fraction of sp³-hybridized carbons (Fsp3) is 0.235. The summed E-state index contributed by atoms with van der Waals surface area (Å²) in [6.45, 7) is 7.37. The molecule has 4 aromatic rings. The molecule has 4 nitrogen and oxygen atoms in total. The average molecular weight is 503 g/mol. The summed E-state index contributed by atoms with van der Waals surface area (Å²) < 4.78 is 0. The largest absolute Gasteiger partial charge is 0.288 e. The Morgan fingerprint density at radius 2 is 0.658 bits per heavy atom. The molecule has 38 heavy (non-hydrogen) atoms. The molecule has 0 saturated heterocycles. The lowest BCUT2D eigenvalue weighted by atomic mass is 10.1. The van der Waals surface area contributed by atoms with Crippen LogP contribution in [0, 0.1) is 0 Å². The van der Waals surface area contributed by atoms with Gasteiger partial charge < -0.3 is 0 Å². The summed E-state index contributed by atoms with van der Waals surface area (Å²) in [5.74, 6) is 0. The second-order valence-corrected chi connectivity index (χ2v) is 9.76. The number of hydrogen-bond acceptors (Lipinski definition) is 4. The Morgan fingerprint density at radius 3 is 0.895 bits per heavy atom. The summed E-state index contributed by atoms with van der Waals surface area (Å²) >= 11 is 0. The van der Waals surface area contributed by atoms with Crippen LogP contribution in [0.25, 0.3) is 0 Å². The van der Waals surface area contributed by atoms with Gasteiger partial charge in [0.15, 0.2) is 0 Å². The zero-order valence-corrected chi connectivity index (χ0v) is 22.6. The molecule has 0 aromatic heterocycles. The predicted molar refractivity (Wildman–Crippen MR) is 160 cm³/mol. The Bertz CT molecular complexity index is 1080. The van der Waals surface area contributed by atoms with E-state index in [2.05, 4.69) is 145 Å². The minimum absolute atomic E-state index is 0.780. The van der Waals surface area contributed by atoms with E-state index in [1.54, 1.807) is 0 Å². The van der Waals surface area contributed by atoms with Gasteiger partial charge in [0.2, 0.25) is 0 Å². The zero-order chi connectivity index (χ0) is 26.4. The summed E-state index contributed by atoms with van der Waals surface area (Å²) in [6.07, 6.45) is 1.75. The van der Waals surface area contributed by atoms with Crippen LogP contribution in [0.1, 0.15) is 48.9 Å². The molecule has 0 bridgehead atoms. The molecular formula is C34H38N4. The fourth-order valence-corrected chi connectivity index (χ4v) is 4.37. The van der Waals surface area contributed by atoms with Crippen molar-refractivity contribution >= 4 is 11.4 Å². The SMILES string of the molecule is C/C(CC/C(C)=N/N(Cc1ccccc1)Cc1ccccc1)=N\N(Cc1ccccc1)Cc1ccccc1. The highest BCUT2D eigenvalue weighted by molar-refractivity contribution is 5.89. The normalized spacial score (nSPS) is 11.8. The molecule has 0 heterocycles. The molecule has 4 aromatic carbocycles. The molecule has 0 saturated carbocycles. The number of rotatable bonds is 13. The molecule has 0 N–H and O–H groups in total. The van der Waals surface area contributed by atoms with Crippen molar-refractivity contribution in [1.29, 1.82) is 0 Å². The average Bonchev–Trinajstić information content (AvgIpc) is 2.94. The Balaban J connectivity index is 1.42. The predicted octanol–water partition coefficient (Wildman–Crippen LogP) is 7.92. The van der Waals surface area contributed by atoms with Crippen LogP contribution in [0.4, 0.5) is 0 Å². The van der Waals surface area contributed by atoms with Crippen molar-refractivity contribution in [3.8, 4) is 0 Å². The maximum atomic E-state index is 5.04. The number of nitrogens with zero attached hydrogens (tertiary/aromatic N) is 4. The van der Waals surface area contributed by atoms with Gasteiger partial charge in [-0.05, 0) is 48.9 Å². The Labute approximate surface area is 228 Å². The van der Waals surface area contributed by atoms with Gasteiger partial charge in [0.25, 0.3) is 0 Å². The standard InChI is InChI=1S/C34H38N4/c1-29(35-37(25-31-15-7-3-8-16-31)26-32-17-9-4-10-18-32)23-24-30(2)36-38(27-33-19-11-5-12-20-33)28-34-21-13-6-14-22-34/h3-22H,23-28H2,1-2H3/b35-29+,36-30+. The lowest BCUT2D eigenvalue weighted by Gasteiger charge is -2.22. The van der Waals surface area contributed by atoms with Crippen LogP contribution < -0.4 is 0 Å². The van der Waals surface area contributed by atoms with Crippen molar-refractivity contribution in [2.24, 2.45) is 10.2 Å².